The first-order valence-corrected chi connectivity index (χ1v) is 7.70. The van der Waals surface area contributed by atoms with E-state index in [4.69, 9.17) is 4.74 Å². The lowest BCUT2D eigenvalue weighted by atomic mass is 10.2. The summed E-state index contributed by atoms with van der Waals surface area (Å²) in [5.74, 6) is 0.965. The molecule has 0 aliphatic rings. The Bertz CT molecular complexity index is 514. The lowest BCUT2D eigenvalue weighted by Gasteiger charge is -2.09. The minimum Gasteiger partial charge on any atom is -0.494 e. The molecule has 112 valence electrons. The van der Waals surface area contributed by atoms with Gasteiger partial charge in [-0.2, -0.15) is 0 Å². The predicted molar refractivity (Wildman–Crippen MR) is 86.2 cm³/mol. The van der Waals surface area contributed by atoms with Gasteiger partial charge in [-0.15, -0.1) is 0 Å². The second kappa shape index (κ2) is 9.14. The molecule has 1 aromatic carbocycles. The molecule has 0 aliphatic heterocycles. The summed E-state index contributed by atoms with van der Waals surface area (Å²) in [6.07, 6.45) is 7.26. The van der Waals surface area contributed by atoms with E-state index in [9.17, 15) is 0 Å². The molecule has 0 unspecified atom stereocenters. The van der Waals surface area contributed by atoms with E-state index >= 15 is 0 Å². The van der Waals surface area contributed by atoms with Crippen molar-refractivity contribution in [2.24, 2.45) is 0 Å². The Labute approximate surface area is 127 Å². The van der Waals surface area contributed by atoms with Crippen LogP contribution in [0.25, 0.3) is 0 Å². The predicted octanol–water partition coefficient (Wildman–Crippen LogP) is 3.94. The molecule has 2 rings (SSSR count). The first kappa shape index (κ1) is 15.5. The van der Waals surface area contributed by atoms with E-state index < -0.39 is 0 Å². The lowest BCUT2D eigenvalue weighted by molar-refractivity contribution is 0.306. The van der Waals surface area contributed by atoms with Crippen molar-refractivity contribution in [3.05, 3.63) is 59.9 Å². The van der Waals surface area contributed by atoms with Crippen LogP contribution in [-0.4, -0.2) is 11.6 Å². The Morgan fingerprint density at radius 1 is 1.05 bits per heavy atom. The van der Waals surface area contributed by atoms with Gasteiger partial charge < -0.3 is 10.1 Å². The summed E-state index contributed by atoms with van der Waals surface area (Å²) < 4.78 is 5.78. The number of rotatable bonds is 9. The summed E-state index contributed by atoms with van der Waals surface area (Å²) >= 11 is 0. The quantitative estimate of drug-likeness (QED) is 0.708. The number of benzene rings is 1. The summed E-state index contributed by atoms with van der Waals surface area (Å²) in [5, 5.41) is 3.43. The van der Waals surface area contributed by atoms with E-state index in [2.05, 4.69) is 41.5 Å². The van der Waals surface area contributed by atoms with Crippen LogP contribution in [0, 0.1) is 0 Å². The Morgan fingerprint density at radius 2 is 1.90 bits per heavy atom. The third-order valence-electron chi connectivity index (χ3n) is 3.30. The number of ether oxygens (including phenoxy) is 1. The second-order valence-corrected chi connectivity index (χ2v) is 5.17. The van der Waals surface area contributed by atoms with Gasteiger partial charge in [-0.25, -0.2) is 0 Å². The third kappa shape index (κ3) is 5.96. The second-order valence-electron chi connectivity index (χ2n) is 5.17. The smallest absolute Gasteiger partial charge is 0.119 e. The van der Waals surface area contributed by atoms with Crippen molar-refractivity contribution < 1.29 is 4.74 Å². The molecule has 0 radical (unpaired) electrons. The molecule has 21 heavy (non-hydrogen) atoms. The molecule has 2 aromatic rings. The average molecular weight is 284 g/mol. The van der Waals surface area contributed by atoms with Crippen LogP contribution in [0.1, 0.15) is 37.3 Å². The molecule has 0 spiro atoms. The van der Waals surface area contributed by atoms with Crippen LogP contribution in [0.3, 0.4) is 0 Å². The van der Waals surface area contributed by atoms with Crippen LogP contribution in [0.2, 0.25) is 0 Å². The Balaban J connectivity index is 1.75. The first-order chi connectivity index (χ1) is 10.4. The van der Waals surface area contributed by atoms with Gasteiger partial charge in [-0.3, -0.25) is 4.98 Å². The summed E-state index contributed by atoms with van der Waals surface area (Å²) in [6, 6.07) is 12.3. The van der Waals surface area contributed by atoms with Gasteiger partial charge in [-0.05, 0) is 35.7 Å². The van der Waals surface area contributed by atoms with Gasteiger partial charge in [-0.1, -0.05) is 38.0 Å². The largest absolute Gasteiger partial charge is 0.494 e. The summed E-state index contributed by atoms with van der Waals surface area (Å²) in [5.41, 5.74) is 2.44. The van der Waals surface area contributed by atoms with Crippen LogP contribution < -0.4 is 10.1 Å². The molecule has 1 N–H and O–H groups in total. The number of hydrogen-bond acceptors (Lipinski definition) is 3. The maximum absolute atomic E-state index is 5.78. The van der Waals surface area contributed by atoms with Gasteiger partial charge in [0.1, 0.15) is 5.75 Å². The molecular weight excluding hydrogens is 260 g/mol. The van der Waals surface area contributed by atoms with E-state index in [1.54, 1.807) is 6.20 Å². The number of nitrogens with zero attached hydrogens (tertiary/aromatic N) is 1. The highest BCUT2D eigenvalue weighted by Gasteiger charge is 1.98. The van der Waals surface area contributed by atoms with E-state index in [1.165, 1.54) is 24.0 Å². The normalized spacial score (nSPS) is 10.5. The van der Waals surface area contributed by atoms with Crippen molar-refractivity contribution in [1.29, 1.82) is 0 Å². The molecule has 0 fully saturated rings. The van der Waals surface area contributed by atoms with E-state index in [0.717, 1.165) is 31.9 Å². The van der Waals surface area contributed by atoms with E-state index in [1.807, 2.05) is 18.3 Å². The number of nitrogens with one attached hydrogen (secondary N) is 1. The topological polar surface area (TPSA) is 34.1 Å². The Morgan fingerprint density at radius 3 is 2.71 bits per heavy atom. The van der Waals surface area contributed by atoms with E-state index in [-0.39, 0.29) is 0 Å². The molecule has 3 heteroatoms. The van der Waals surface area contributed by atoms with E-state index in [0.29, 0.717) is 0 Å². The fourth-order valence-electron chi connectivity index (χ4n) is 2.14. The molecule has 0 aliphatic carbocycles. The number of hydrogen-bond donors (Lipinski definition) is 1. The molecule has 0 saturated carbocycles. The number of pyridine rings is 1. The SMILES string of the molecule is CCCCCOc1cccc(CNCc2cccnc2)c1. The standard InChI is InChI=1S/C18H24N2O/c1-2-3-4-11-21-18-9-5-7-16(12-18)13-20-15-17-8-6-10-19-14-17/h5-10,12,14,20H,2-4,11,13,15H2,1H3. The van der Waals surface area contributed by atoms with Crippen LogP contribution in [-0.2, 0) is 13.1 Å². The lowest BCUT2D eigenvalue weighted by Crippen LogP contribution is -2.12. The monoisotopic (exact) mass is 284 g/mol. The highest BCUT2D eigenvalue weighted by molar-refractivity contribution is 5.28. The summed E-state index contributed by atoms with van der Waals surface area (Å²) in [6.45, 7) is 4.67. The molecule has 1 heterocycles. The average Bonchev–Trinajstić information content (AvgIpc) is 2.53. The van der Waals surface area contributed by atoms with Gasteiger partial charge in [0.05, 0.1) is 6.61 Å². The first-order valence-electron chi connectivity index (χ1n) is 7.70. The Hall–Kier alpha value is -1.87. The van der Waals surface area contributed by atoms with Gasteiger partial charge in [0, 0.05) is 25.5 Å². The molecular formula is C18H24N2O. The van der Waals surface area contributed by atoms with Crippen molar-refractivity contribution in [2.45, 2.75) is 39.3 Å². The highest BCUT2D eigenvalue weighted by atomic mass is 16.5. The molecule has 0 atom stereocenters. The van der Waals surface area contributed by atoms with Gasteiger partial charge in [0.2, 0.25) is 0 Å². The Kier molecular flexibility index (Phi) is 6.75. The van der Waals surface area contributed by atoms with Crippen molar-refractivity contribution in [3.63, 3.8) is 0 Å². The molecule has 1 aromatic heterocycles. The van der Waals surface area contributed by atoms with Crippen molar-refractivity contribution in [2.75, 3.05) is 6.61 Å². The van der Waals surface area contributed by atoms with Crippen LogP contribution >= 0.6 is 0 Å². The van der Waals surface area contributed by atoms with Gasteiger partial charge in [0.15, 0.2) is 0 Å². The van der Waals surface area contributed by atoms with Crippen LogP contribution in [0.4, 0.5) is 0 Å². The summed E-state index contributed by atoms with van der Waals surface area (Å²) in [7, 11) is 0. The molecule has 0 saturated heterocycles. The summed E-state index contributed by atoms with van der Waals surface area (Å²) in [4.78, 5) is 4.11. The zero-order valence-corrected chi connectivity index (χ0v) is 12.7. The number of unbranched alkanes of at least 4 members (excludes halogenated alkanes) is 2. The van der Waals surface area contributed by atoms with Gasteiger partial charge >= 0.3 is 0 Å². The third-order valence-corrected chi connectivity index (χ3v) is 3.30. The van der Waals surface area contributed by atoms with Crippen LogP contribution in [0.5, 0.6) is 5.75 Å². The molecule has 0 amide bonds. The van der Waals surface area contributed by atoms with Crippen LogP contribution in [0.15, 0.2) is 48.8 Å². The zero-order valence-electron chi connectivity index (χ0n) is 12.7. The van der Waals surface area contributed by atoms with Gasteiger partial charge in [0.25, 0.3) is 0 Å². The fraction of sp³-hybridized carbons (Fsp3) is 0.389. The molecule has 0 bridgehead atoms. The highest BCUT2D eigenvalue weighted by Crippen LogP contribution is 2.14. The minimum absolute atomic E-state index is 0.806. The maximum atomic E-state index is 5.78. The van der Waals surface area contributed by atoms with Crippen molar-refractivity contribution in [1.82, 2.24) is 10.3 Å². The maximum Gasteiger partial charge on any atom is 0.119 e. The zero-order chi connectivity index (χ0) is 14.8. The van der Waals surface area contributed by atoms with Crippen molar-refractivity contribution in [3.8, 4) is 5.75 Å². The minimum atomic E-state index is 0.806. The molecule has 3 nitrogen and oxygen atoms in total. The fourth-order valence-corrected chi connectivity index (χ4v) is 2.14. The van der Waals surface area contributed by atoms with Crippen molar-refractivity contribution >= 4 is 0 Å². The number of aromatic nitrogens is 1.